The molecule has 4 aromatic rings. The van der Waals surface area contributed by atoms with Crippen molar-refractivity contribution < 1.29 is 19.0 Å². The van der Waals surface area contributed by atoms with Crippen LogP contribution in [-0.2, 0) is 4.79 Å². The van der Waals surface area contributed by atoms with Gasteiger partial charge in [-0.3, -0.25) is 4.79 Å². The number of carbonyl (C=O) groups excluding carboxylic acids is 1. The Hall–Kier alpha value is -4.26. The number of hydrogen-bond acceptors (Lipinski definition) is 5. The highest BCUT2D eigenvalue weighted by atomic mass is 16.5. The van der Waals surface area contributed by atoms with Crippen molar-refractivity contribution in [1.29, 1.82) is 0 Å². The van der Waals surface area contributed by atoms with Crippen LogP contribution >= 0.6 is 0 Å². The van der Waals surface area contributed by atoms with Gasteiger partial charge in [0.1, 0.15) is 5.65 Å². The van der Waals surface area contributed by atoms with Gasteiger partial charge in [-0.25, -0.2) is 4.98 Å². The molecule has 7 heteroatoms. The molecule has 1 amide bonds. The number of aromatic nitrogens is 2. The summed E-state index contributed by atoms with van der Waals surface area (Å²) in [4.78, 5) is 17.1. The van der Waals surface area contributed by atoms with E-state index < -0.39 is 0 Å². The molecule has 0 saturated carbocycles. The first-order chi connectivity index (χ1) is 16.0. The van der Waals surface area contributed by atoms with E-state index in [2.05, 4.69) is 5.32 Å². The summed E-state index contributed by atoms with van der Waals surface area (Å²) >= 11 is 0. The first-order valence-electron chi connectivity index (χ1n) is 10.4. The Morgan fingerprint density at radius 3 is 2.30 bits per heavy atom. The normalized spacial score (nSPS) is 11.0. The molecule has 0 aliphatic carbocycles. The van der Waals surface area contributed by atoms with Gasteiger partial charge in [-0.05, 0) is 54.5 Å². The Morgan fingerprint density at radius 1 is 1.00 bits per heavy atom. The molecular weight excluding hydrogens is 418 g/mol. The molecule has 168 valence electrons. The number of benzene rings is 2. The predicted octanol–water partition coefficient (Wildman–Crippen LogP) is 4.99. The highest BCUT2D eigenvalue weighted by Crippen LogP contribution is 2.38. The maximum absolute atomic E-state index is 12.4. The van der Waals surface area contributed by atoms with Crippen molar-refractivity contribution in [2.75, 3.05) is 26.6 Å². The second kappa shape index (κ2) is 9.48. The van der Waals surface area contributed by atoms with E-state index in [9.17, 15) is 4.79 Å². The highest BCUT2D eigenvalue weighted by molar-refractivity contribution is 6.02. The van der Waals surface area contributed by atoms with Crippen LogP contribution in [0.4, 0.5) is 5.69 Å². The molecule has 0 bridgehead atoms. The Labute approximate surface area is 192 Å². The van der Waals surface area contributed by atoms with Crippen molar-refractivity contribution in [3.05, 3.63) is 78.1 Å². The fourth-order valence-electron chi connectivity index (χ4n) is 3.57. The molecule has 0 saturated heterocycles. The third-order valence-electron chi connectivity index (χ3n) is 5.24. The van der Waals surface area contributed by atoms with Crippen molar-refractivity contribution in [3.63, 3.8) is 0 Å². The van der Waals surface area contributed by atoms with Gasteiger partial charge < -0.3 is 23.9 Å². The molecule has 33 heavy (non-hydrogen) atoms. The van der Waals surface area contributed by atoms with Crippen LogP contribution < -0.4 is 19.5 Å². The molecule has 1 N–H and O–H groups in total. The lowest BCUT2D eigenvalue weighted by Crippen LogP contribution is -2.07. The lowest BCUT2D eigenvalue weighted by Gasteiger charge is -2.12. The lowest BCUT2D eigenvalue weighted by molar-refractivity contribution is -0.111. The number of rotatable bonds is 7. The summed E-state index contributed by atoms with van der Waals surface area (Å²) < 4.78 is 18.0. The minimum Gasteiger partial charge on any atom is -0.493 e. The summed E-state index contributed by atoms with van der Waals surface area (Å²) in [5.41, 5.74) is 5.34. The zero-order valence-corrected chi connectivity index (χ0v) is 19.0. The number of nitrogens with one attached hydrogen (secondary N) is 1. The first-order valence-corrected chi connectivity index (χ1v) is 10.4. The quantitative estimate of drug-likeness (QED) is 0.408. The second-order valence-electron chi connectivity index (χ2n) is 7.41. The number of amides is 1. The Morgan fingerprint density at radius 2 is 1.70 bits per heavy atom. The molecule has 0 unspecified atom stereocenters. The summed E-state index contributed by atoms with van der Waals surface area (Å²) in [7, 11) is 4.65. The summed E-state index contributed by atoms with van der Waals surface area (Å²) in [5.74, 6) is 1.30. The Kier molecular flexibility index (Phi) is 6.31. The Bertz CT molecular complexity index is 1300. The van der Waals surface area contributed by atoms with E-state index in [-0.39, 0.29) is 5.91 Å². The average Bonchev–Trinajstić information content (AvgIpc) is 3.28. The number of nitrogens with zero attached hydrogens (tertiary/aromatic N) is 2. The number of pyridine rings is 1. The third-order valence-corrected chi connectivity index (χ3v) is 5.24. The van der Waals surface area contributed by atoms with Crippen LogP contribution in [0.5, 0.6) is 17.2 Å². The van der Waals surface area contributed by atoms with Gasteiger partial charge >= 0.3 is 0 Å². The summed E-state index contributed by atoms with van der Waals surface area (Å²) in [6, 6.07) is 15.2. The van der Waals surface area contributed by atoms with E-state index in [1.165, 1.54) is 6.08 Å². The number of aryl methyl sites for hydroxylation is 1. The van der Waals surface area contributed by atoms with Crippen LogP contribution in [-0.4, -0.2) is 36.6 Å². The Balaban J connectivity index is 1.46. The molecule has 0 aliphatic heterocycles. The molecule has 2 aromatic carbocycles. The summed E-state index contributed by atoms with van der Waals surface area (Å²) in [6.45, 7) is 2.04. The lowest BCUT2D eigenvalue weighted by atomic mass is 10.1. The van der Waals surface area contributed by atoms with Crippen LogP contribution in [0.25, 0.3) is 23.0 Å². The van der Waals surface area contributed by atoms with E-state index in [0.717, 1.165) is 28.0 Å². The number of fused-ring (bicyclic) bond motifs is 1. The van der Waals surface area contributed by atoms with Crippen LogP contribution in [0.1, 0.15) is 11.1 Å². The number of ether oxygens (including phenoxy) is 3. The van der Waals surface area contributed by atoms with Crippen molar-refractivity contribution in [2.45, 2.75) is 6.92 Å². The van der Waals surface area contributed by atoms with Crippen molar-refractivity contribution in [3.8, 4) is 28.5 Å². The van der Waals surface area contributed by atoms with Gasteiger partial charge in [0.15, 0.2) is 11.5 Å². The summed E-state index contributed by atoms with van der Waals surface area (Å²) in [6.07, 6.45) is 7.12. The van der Waals surface area contributed by atoms with Gasteiger partial charge in [-0.1, -0.05) is 18.2 Å². The second-order valence-corrected chi connectivity index (χ2v) is 7.41. The highest BCUT2D eigenvalue weighted by Gasteiger charge is 2.12. The topological polar surface area (TPSA) is 74.1 Å². The molecule has 0 spiro atoms. The van der Waals surface area contributed by atoms with Crippen molar-refractivity contribution in [1.82, 2.24) is 9.38 Å². The van der Waals surface area contributed by atoms with Gasteiger partial charge in [0, 0.05) is 29.7 Å². The van der Waals surface area contributed by atoms with Gasteiger partial charge in [0.05, 0.1) is 27.0 Å². The molecule has 0 radical (unpaired) electrons. The molecule has 4 rings (SSSR count). The third kappa shape index (κ3) is 4.67. The van der Waals surface area contributed by atoms with Crippen molar-refractivity contribution in [2.24, 2.45) is 0 Å². The largest absolute Gasteiger partial charge is 0.493 e. The van der Waals surface area contributed by atoms with Crippen LogP contribution in [0, 0.1) is 6.92 Å². The summed E-state index contributed by atoms with van der Waals surface area (Å²) in [5, 5.41) is 2.87. The molecule has 2 aromatic heterocycles. The maximum atomic E-state index is 12.4. The zero-order chi connectivity index (χ0) is 23.4. The fourth-order valence-corrected chi connectivity index (χ4v) is 3.57. The molecule has 0 aliphatic rings. The van der Waals surface area contributed by atoms with Crippen molar-refractivity contribution >= 4 is 23.3 Å². The minimum atomic E-state index is -0.250. The van der Waals surface area contributed by atoms with E-state index in [0.29, 0.717) is 22.9 Å². The number of carbonyl (C=O) groups is 1. The van der Waals surface area contributed by atoms with Crippen LogP contribution in [0.2, 0.25) is 0 Å². The smallest absolute Gasteiger partial charge is 0.248 e. The van der Waals surface area contributed by atoms with Gasteiger partial charge in [0.25, 0.3) is 0 Å². The van der Waals surface area contributed by atoms with Gasteiger partial charge in [0.2, 0.25) is 11.7 Å². The molecular formula is C26H25N3O4. The maximum Gasteiger partial charge on any atom is 0.248 e. The molecule has 7 nitrogen and oxygen atoms in total. The molecule has 2 heterocycles. The van der Waals surface area contributed by atoms with Crippen LogP contribution in [0.3, 0.4) is 0 Å². The van der Waals surface area contributed by atoms with Crippen LogP contribution in [0.15, 0.2) is 67.0 Å². The number of methoxy groups -OCH3 is 3. The van der Waals surface area contributed by atoms with Gasteiger partial charge in [-0.2, -0.15) is 0 Å². The first kappa shape index (κ1) is 22.0. The minimum absolute atomic E-state index is 0.250. The predicted molar refractivity (Wildman–Crippen MR) is 129 cm³/mol. The monoisotopic (exact) mass is 443 g/mol. The van der Waals surface area contributed by atoms with E-state index in [4.69, 9.17) is 19.2 Å². The fraction of sp³-hybridized carbons (Fsp3) is 0.154. The SMILES string of the molecule is COc1cc(/C=C/C(=O)Nc2ccc(-c3cn4cccc(C)c4n3)cc2)cc(OC)c1OC. The van der Waals surface area contributed by atoms with E-state index in [1.54, 1.807) is 39.5 Å². The van der Waals surface area contributed by atoms with E-state index in [1.807, 2.05) is 60.1 Å². The average molecular weight is 444 g/mol. The standard InChI is InChI=1S/C26H25N3O4/c1-17-6-5-13-29-16-21(28-26(17)29)19-8-10-20(11-9-19)27-24(30)12-7-18-14-22(31-2)25(33-4)23(15-18)32-3/h5-16H,1-4H3,(H,27,30)/b12-7+. The molecule has 0 fully saturated rings. The zero-order valence-electron chi connectivity index (χ0n) is 19.0. The molecule has 0 atom stereocenters. The number of anilines is 1. The number of hydrogen-bond donors (Lipinski definition) is 1. The van der Waals surface area contributed by atoms with Gasteiger partial charge in [-0.15, -0.1) is 0 Å². The number of imidazole rings is 1. The van der Waals surface area contributed by atoms with E-state index >= 15 is 0 Å².